The third-order valence-corrected chi connectivity index (χ3v) is 4.60. The monoisotopic (exact) mass is 293 g/mol. The number of carbonyl (C=O) groups excluding carboxylic acids is 1. The maximum Gasteiger partial charge on any atom is 0.227 e. The molecule has 0 radical (unpaired) electrons. The van der Waals surface area contributed by atoms with E-state index in [1.54, 1.807) is 0 Å². The van der Waals surface area contributed by atoms with Gasteiger partial charge in [-0.1, -0.05) is 38.8 Å². The van der Waals surface area contributed by atoms with Crippen molar-refractivity contribution in [3.8, 4) is 0 Å². The van der Waals surface area contributed by atoms with Crippen LogP contribution in [0, 0.1) is 11.8 Å². The number of amides is 1. The van der Waals surface area contributed by atoms with Gasteiger partial charge in [0.25, 0.3) is 0 Å². The lowest BCUT2D eigenvalue weighted by Crippen LogP contribution is -2.43. The number of aryl methyl sites for hydroxylation is 2. The molecule has 1 aromatic rings. The Morgan fingerprint density at radius 3 is 2.90 bits per heavy atom. The van der Waals surface area contributed by atoms with Gasteiger partial charge in [-0.15, -0.1) is 0 Å². The lowest BCUT2D eigenvalue weighted by atomic mass is 9.78. The zero-order valence-electron chi connectivity index (χ0n) is 13.4. The fourth-order valence-electron chi connectivity index (χ4n) is 3.00. The Balaban J connectivity index is 1.76. The summed E-state index contributed by atoms with van der Waals surface area (Å²) in [5.41, 5.74) is 0. The van der Waals surface area contributed by atoms with Crippen LogP contribution < -0.4 is 5.32 Å². The minimum absolute atomic E-state index is 0.0937. The summed E-state index contributed by atoms with van der Waals surface area (Å²) < 4.78 is 5.15. The predicted molar refractivity (Wildman–Crippen MR) is 80.7 cm³/mol. The van der Waals surface area contributed by atoms with E-state index in [4.69, 9.17) is 4.52 Å². The van der Waals surface area contributed by atoms with Crippen LogP contribution in [-0.4, -0.2) is 22.1 Å². The van der Waals surface area contributed by atoms with Gasteiger partial charge in [0.05, 0.1) is 0 Å². The van der Waals surface area contributed by atoms with Gasteiger partial charge in [0.1, 0.15) is 0 Å². The first-order chi connectivity index (χ1) is 10.1. The molecular weight excluding hydrogens is 266 g/mol. The van der Waals surface area contributed by atoms with Crippen LogP contribution in [0.5, 0.6) is 0 Å². The molecule has 1 N–H and O–H groups in total. The van der Waals surface area contributed by atoms with Crippen LogP contribution in [0.1, 0.15) is 64.6 Å². The van der Waals surface area contributed by atoms with E-state index in [0.29, 0.717) is 36.6 Å². The van der Waals surface area contributed by atoms with Crippen LogP contribution in [0.4, 0.5) is 0 Å². The highest BCUT2D eigenvalue weighted by molar-refractivity contribution is 5.76. The van der Waals surface area contributed by atoms with Gasteiger partial charge >= 0.3 is 0 Å². The van der Waals surface area contributed by atoms with Crippen LogP contribution in [0.2, 0.25) is 0 Å². The smallest absolute Gasteiger partial charge is 0.227 e. The number of hydrogen-bond acceptors (Lipinski definition) is 4. The summed E-state index contributed by atoms with van der Waals surface area (Å²) in [4.78, 5) is 16.4. The molecule has 0 spiro atoms. The molecule has 1 saturated carbocycles. The van der Waals surface area contributed by atoms with Crippen LogP contribution >= 0.6 is 0 Å². The second kappa shape index (κ2) is 7.57. The van der Waals surface area contributed by atoms with Gasteiger partial charge in [0.15, 0.2) is 5.82 Å². The van der Waals surface area contributed by atoms with E-state index in [1.807, 2.05) is 0 Å². The van der Waals surface area contributed by atoms with E-state index in [-0.39, 0.29) is 5.91 Å². The molecule has 118 valence electrons. The first-order valence-corrected chi connectivity index (χ1v) is 8.21. The number of nitrogens with one attached hydrogen (secondary N) is 1. The van der Waals surface area contributed by atoms with Crippen molar-refractivity contribution in [1.82, 2.24) is 15.5 Å². The first-order valence-electron chi connectivity index (χ1n) is 8.21. The van der Waals surface area contributed by atoms with Gasteiger partial charge in [-0.25, -0.2) is 0 Å². The highest BCUT2D eigenvalue weighted by atomic mass is 16.5. The largest absolute Gasteiger partial charge is 0.353 e. The molecule has 0 aromatic carbocycles. The van der Waals surface area contributed by atoms with Crippen molar-refractivity contribution in [2.75, 3.05) is 0 Å². The fourth-order valence-corrected chi connectivity index (χ4v) is 3.00. The van der Waals surface area contributed by atoms with Crippen LogP contribution in [-0.2, 0) is 17.6 Å². The molecule has 5 heteroatoms. The number of carbonyl (C=O) groups is 1. The molecule has 1 fully saturated rings. The second-order valence-electron chi connectivity index (χ2n) is 6.30. The molecule has 0 saturated heterocycles. The van der Waals surface area contributed by atoms with Gasteiger partial charge in [-0.3, -0.25) is 4.79 Å². The molecule has 1 amide bonds. The third kappa shape index (κ3) is 4.55. The summed E-state index contributed by atoms with van der Waals surface area (Å²) in [5, 5.41) is 7.08. The molecule has 3 atom stereocenters. The summed E-state index contributed by atoms with van der Waals surface area (Å²) in [6.07, 6.45) is 6.35. The fraction of sp³-hybridized carbons (Fsp3) is 0.812. The van der Waals surface area contributed by atoms with Gasteiger partial charge in [0, 0.05) is 25.3 Å². The molecule has 0 unspecified atom stereocenters. The molecule has 0 aliphatic heterocycles. The lowest BCUT2D eigenvalue weighted by molar-refractivity contribution is -0.122. The summed E-state index contributed by atoms with van der Waals surface area (Å²) in [7, 11) is 0. The molecule has 21 heavy (non-hydrogen) atoms. The van der Waals surface area contributed by atoms with Crippen molar-refractivity contribution >= 4 is 5.91 Å². The van der Waals surface area contributed by atoms with E-state index in [2.05, 4.69) is 36.2 Å². The number of rotatable bonds is 6. The van der Waals surface area contributed by atoms with Crippen molar-refractivity contribution in [3.63, 3.8) is 0 Å². The summed E-state index contributed by atoms with van der Waals surface area (Å²) in [6, 6.07) is 0.319. The summed E-state index contributed by atoms with van der Waals surface area (Å²) in [6.45, 7) is 6.59. The van der Waals surface area contributed by atoms with Crippen molar-refractivity contribution in [1.29, 1.82) is 0 Å². The molecule has 1 aliphatic carbocycles. The van der Waals surface area contributed by atoms with Crippen molar-refractivity contribution in [3.05, 3.63) is 11.7 Å². The lowest BCUT2D eigenvalue weighted by Gasteiger charge is -2.34. The molecular formula is C16H27N3O2. The molecule has 1 aliphatic rings. The minimum Gasteiger partial charge on any atom is -0.353 e. The van der Waals surface area contributed by atoms with Gasteiger partial charge < -0.3 is 9.84 Å². The van der Waals surface area contributed by atoms with Crippen molar-refractivity contribution in [2.45, 2.75) is 71.8 Å². The standard InChI is InChI=1S/C16H27N3O2/c1-4-6-14-18-16(21-19-14)10-9-15(20)17-13-8-5-7-11(2)12(13)3/h11-13H,4-10H2,1-3H3,(H,17,20)/t11-,12+,13+/m0/s1. The van der Waals surface area contributed by atoms with Gasteiger partial charge in [-0.2, -0.15) is 4.98 Å². The average molecular weight is 293 g/mol. The molecule has 1 aromatic heterocycles. The second-order valence-corrected chi connectivity index (χ2v) is 6.30. The normalized spacial score (nSPS) is 25.8. The Hall–Kier alpha value is -1.39. The van der Waals surface area contributed by atoms with E-state index >= 15 is 0 Å². The SMILES string of the molecule is CCCc1noc(CCC(=O)N[C@@H]2CCC[C@H](C)[C@H]2C)n1. The molecule has 1 heterocycles. The number of hydrogen-bond donors (Lipinski definition) is 1. The predicted octanol–water partition coefficient (Wildman–Crippen LogP) is 2.90. The topological polar surface area (TPSA) is 68.0 Å². The van der Waals surface area contributed by atoms with Crippen molar-refractivity contribution < 1.29 is 9.32 Å². The van der Waals surface area contributed by atoms with Crippen LogP contribution in [0.3, 0.4) is 0 Å². The van der Waals surface area contributed by atoms with E-state index < -0.39 is 0 Å². The Bertz CT molecular complexity index is 458. The van der Waals surface area contributed by atoms with E-state index in [1.165, 1.54) is 12.8 Å². The van der Waals surface area contributed by atoms with Gasteiger partial charge in [-0.05, 0) is 24.7 Å². The Kier molecular flexibility index (Phi) is 5.76. The maximum atomic E-state index is 12.1. The minimum atomic E-state index is 0.0937. The highest BCUT2D eigenvalue weighted by Gasteiger charge is 2.28. The van der Waals surface area contributed by atoms with E-state index in [0.717, 1.165) is 25.1 Å². The zero-order chi connectivity index (χ0) is 15.2. The Morgan fingerprint density at radius 1 is 1.33 bits per heavy atom. The third-order valence-electron chi connectivity index (χ3n) is 4.60. The summed E-state index contributed by atoms with van der Waals surface area (Å²) in [5.74, 6) is 2.65. The highest BCUT2D eigenvalue weighted by Crippen LogP contribution is 2.29. The van der Waals surface area contributed by atoms with Crippen LogP contribution in [0.15, 0.2) is 4.52 Å². The summed E-state index contributed by atoms with van der Waals surface area (Å²) >= 11 is 0. The maximum absolute atomic E-state index is 12.1. The Morgan fingerprint density at radius 2 is 2.14 bits per heavy atom. The first kappa shape index (κ1) is 16.0. The Labute approximate surface area is 126 Å². The quantitative estimate of drug-likeness (QED) is 0.875. The van der Waals surface area contributed by atoms with Crippen molar-refractivity contribution in [2.24, 2.45) is 11.8 Å². The van der Waals surface area contributed by atoms with Crippen LogP contribution in [0.25, 0.3) is 0 Å². The van der Waals surface area contributed by atoms with Gasteiger partial charge in [0.2, 0.25) is 11.8 Å². The zero-order valence-corrected chi connectivity index (χ0v) is 13.4. The average Bonchev–Trinajstić information content (AvgIpc) is 2.90. The molecule has 0 bridgehead atoms. The number of aromatic nitrogens is 2. The molecule has 5 nitrogen and oxygen atoms in total. The number of nitrogens with zero attached hydrogens (tertiary/aromatic N) is 2. The van der Waals surface area contributed by atoms with E-state index in [9.17, 15) is 4.79 Å². The molecule has 2 rings (SSSR count).